The van der Waals surface area contributed by atoms with Crippen molar-refractivity contribution in [2.45, 2.75) is 25.8 Å². The first-order valence-corrected chi connectivity index (χ1v) is 7.25. The highest BCUT2D eigenvalue weighted by atomic mass is 32.1. The molecule has 1 fully saturated rings. The number of nitrogens with zero attached hydrogens (tertiary/aromatic N) is 2. The number of amides is 1. The maximum absolute atomic E-state index is 11.7. The summed E-state index contributed by atoms with van der Waals surface area (Å²) in [6.07, 6.45) is 2.16. The predicted molar refractivity (Wildman–Crippen MR) is 79.6 cm³/mol. The van der Waals surface area contributed by atoms with Crippen LogP contribution < -0.4 is 21.9 Å². The average molecular weight is 292 g/mol. The number of anilines is 2. The summed E-state index contributed by atoms with van der Waals surface area (Å²) in [6.45, 7) is 2.20. The Hall–Kier alpha value is -1.93. The van der Waals surface area contributed by atoms with Gasteiger partial charge in [-0.15, -0.1) is 11.3 Å². The van der Waals surface area contributed by atoms with Crippen LogP contribution in [0.4, 0.5) is 11.8 Å². The van der Waals surface area contributed by atoms with E-state index in [-0.39, 0.29) is 12.5 Å². The standard InChI is InChI=1S/C12H16N6OS/c1-6-4-8-10(14-5-9(19)15-7-2-3-7)16-12(18-13)17-11(8)20-6/h4,7H,2-3,5,13H2,1H3,(H,15,19)(H2,14,16,17,18). The molecule has 2 aromatic rings. The van der Waals surface area contributed by atoms with Gasteiger partial charge in [0.05, 0.1) is 11.9 Å². The van der Waals surface area contributed by atoms with Crippen molar-refractivity contribution in [3.8, 4) is 0 Å². The van der Waals surface area contributed by atoms with Crippen LogP contribution in [0, 0.1) is 6.92 Å². The number of rotatable bonds is 5. The van der Waals surface area contributed by atoms with Crippen molar-refractivity contribution in [1.29, 1.82) is 0 Å². The quantitative estimate of drug-likeness (QED) is 0.483. The summed E-state index contributed by atoms with van der Waals surface area (Å²) in [5, 5.41) is 6.89. The Morgan fingerprint density at radius 1 is 1.50 bits per heavy atom. The third-order valence-electron chi connectivity index (χ3n) is 3.00. The molecule has 0 spiro atoms. The number of nitrogens with one attached hydrogen (secondary N) is 3. The SMILES string of the molecule is Cc1cc2c(NCC(=O)NC3CC3)nc(NN)nc2s1. The van der Waals surface area contributed by atoms with Crippen molar-refractivity contribution >= 4 is 39.2 Å². The molecule has 1 amide bonds. The number of nitrogen functional groups attached to an aromatic ring is 1. The number of thiophene rings is 1. The molecule has 0 atom stereocenters. The first-order chi connectivity index (χ1) is 9.65. The zero-order valence-corrected chi connectivity index (χ0v) is 11.9. The van der Waals surface area contributed by atoms with Crippen molar-refractivity contribution in [3.63, 3.8) is 0 Å². The third-order valence-corrected chi connectivity index (χ3v) is 3.95. The Balaban J connectivity index is 1.79. The largest absolute Gasteiger partial charge is 0.360 e. The van der Waals surface area contributed by atoms with Gasteiger partial charge in [0.2, 0.25) is 11.9 Å². The number of carbonyl (C=O) groups is 1. The number of fused-ring (bicyclic) bond motifs is 1. The summed E-state index contributed by atoms with van der Waals surface area (Å²) in [7, 11) is 0. The zero-order valence-electron chi connectivity index (χ0n) is 11.1. The molecule has 5 N–H and O–H groups in total. The molecule has 20 heavy (non-hydrogen) atoms. The van der Waals surface area contributed by atoms with Gasteiger partial charge >= 0.3 is 0 Å². The van der Waals surface area contributed by atoms with E-state index in [2.05, 4.69) is 26.0 Å². The number of carbonyl (C=O) groups excluding carboxylic acids is 1. The summed E-state index contributed by atoms with van der Waals surface area (Å²) >= 11 is 1.56. The van der Waals surface area contributed by atoms with Crippen LogP contribution in [0.25, 0.3) is 10.2 Å². The fourth-order valence-electron chi connectivity index (χ4n) is 1.91. The number of hydrogen-bond acceptors (Lipinski definition) is 7. The number of hydrogen-bond donors (Lipinski definition) is 4. The topological polar surface area (TPSA) is 105 Å². The second-order valence-corrected chi connectivity index (χ2v) is 6.05. The monoisotopic (exact) mass is 292 g/mol. The Labute approximate surface area is 119 Å². The van der Waals surface area contributed by atoms with Crippen LogP contribution in [0.2, 0.25) is 0 Å². The first-order valence-electron chi connectivity index (χ1n) is 6.44. The van der Waals surface area contributed by atoms with Gasteiger partial charge in [0.1, 0.15) is 10.6 Å². The summed E-state index contributed by atoms with van der Waals surface area (Å²) in [5.74, 6) is 6.31. The van der Waals surface area contributed by atoms with E-state index in [0.29, 0.717) is 17.8 Å². The molecule has 0 aromatic carbocycles. The maximum Gasteiger partial charge on any atom is 0.240 e. The molecule has 0 aliphatic heterocycles. The Bertz CT molecular complexity index is 651. The number of aromatic nitrogens is 2. The predicted octanol–water partition coefficient (Wildman–Crippen LogP) is 0.976. The molecule has 3 rings (SSSR count). The van der Waals surface area contributed by atoms with Crippen LogP contribution in [0.3, 0.4) is 0 Å². The van der Waals surface area contributed by atoms with Crippen molar-refractivity contribution in [2.24, 2.45) is 5.84 Å². The lowest BCUT2D eigenvalue weighted by Gasteiger charge is -2.08. The van der Waals surface area contributed by atoms with Crippen LogP contribution in [0.1, 0.15) is 17.7 Å². The molecule has 8 heteroatoms. The summed E-state index contributed by atoms with van der Waals surface area (Å²) < 4.78 is 0. The highest BCUT2D eigenvalue weighted by Gasteiger charge is 2.23. The van der Waals surface area contributed by atoms with Gasteiger partial charge in [-0.3, -0.25) is 10.2 Å². The number of aryl methyl sites for hydroxylation is 1. The molecule has 7 nitrogen and oxygen atoms in total. The minimum atomic E-state index is -0.0199. The molecule has 1 aliphatic carbocycles. The molecule has 0 unspecified atom stereocenters. The fourth-order valence-corrected chi connectivity index (χ4v) is 2.79. The molecular formula is C12H16N6OS. The minimum absolute atomic E-state index is 0.0199. The highest BCUT2D eigenvalue weighted by molar-refractivity contribution is 7.18. The van der Waals surface area contributed by atoms with Crippen LogP contribution in [0.5, 0.6) is 0 Å². The van der Waals surface area contributed by atoms with E-state index in [0.717, 1.165) is 27.9 Å². The van der Waals surface area contributed by atoms with Gasteiger partial charge in [-0.25, -0.2) is 10.8 Å². The smallest absolute Gasteiger partial charge is 0.240 e. The number of hydrazine groups is 1. The molecule has 1 aliphatic rings. The lowest BCUT2D eigenvalue weighted by atomic mass is 10.3. The van der Waals surface area contributed by atoms with E-state index < -0.39 is 0 Å². The van der Waals surface area contributed by atoms with Gasteiger partial charge in [-0.05, 0) is 25.8 Å². The van der Waals surface area contributed by atoms with Gasteiger partial charge < -0.3 is 10.6 Å². The van der Waals surface area contributed by atoms with E-state index in [1.807, 2.05) is 13.0 Å². The lowest BCUT2D eigenvalue weighted by Crippen LogP contribution is -2.31. The molecule has 1 saturated carbocycles. The Morgan fingerprint density at radius 2 is 2.30 bits per heavy atom. The van der Waals surface area contributed by atoms with Gasteiger partial charge in [-0.2, -0.15) is 4.98 Å². The Morgan fingerprint density at radius 3 is 3.00 bits per heavy atom. The lowest BCUT2D eigenvalue weighted by molar-refractivity contribution is -0.119. The second kappa shape index (κ2) is 5.22. The molecule has 0 saturated heterocycles. The Kier molecular flexibility index (Phi) is 3.41. The molecule has 0 bridgehead atoms. The summed E-state index contributed by atoms with van der Waals surface area (Å²) in [4.78, 5) is 22.2. The van der Waals surface area contributed by atoms with E-state index in [1.165, 1.54) is 0 Å². The fraction of sp³-hybridized carbons (Fsp3) is 0.417. The normalized spacial score (nSPS) is 14.3. The summed E-state index contributed by atoms with van der Waals surface area (Å²) in [5.41, 5.74) is 2.44. The van der Waals surface area contributed by atoms with Gasteiger partial charge in [0, 0.05) is 10.9 Å². The minimum Gasteiger partial charge on any atom is -0.360 e. The second-order valence-electron chi connectivity index (χ2n) is 4.81. The van der Waals surface area contributed by atoms with Crippen LogP contribution in [-0.2, 0) is 4.79 Å². The third kappa shape index (κ3) is 2.81. The van der Waals surface area contributed by atoms with Gasteiger partial charge in [0.25, 0.3) is 0 Å². The van der Waals surface area contributed by atoms with Crippen molar-refractivity contribution in [1.82, 2.24) is 15.3 Å². The van der Waals surface area contributed by atoms with Gasteiger partial charge in [-0.1, -0.05) is 0 Å². The zero-order chi connectivity index (χ0) is 14.1. The van der Waals surface area contributed by atoms with Crippen LogP contribution in [-0.4, -0.2) is 28.5 Å². The van der Waals surface area contributed by atoms with Crippen molar-refractivity contribution in [3.05, 3.63) is 10.9 Å². The van der Waals surface area contributed by atoms with E-state index in [9.17, 15) is 4.79 Å². The maximum atomic E-state index is 11.7. The van der Waals surface area contributed by atoms with E-state index in [4.69, 9.17) is 5.84 Å². The summed E-state index contributed by atoms with van der Waals surface area (Å²) in [6, 6.07) is 2.36. The number of nitrogens with two attached hydrogens (primary N) is 1. The average Bonchev–Trinajstić information content (AvgIpc) is 3.14. The van der Waals surface area contributed by atoms with Crippen LogP contribution in [0.15, 0.2) is 6.07 Å². The van der Waals surface area contributed by atoms with Crippen molar-refractivity contribution < 1.29 is 4.79 Å². The van der Waals surface area contributed by atoms with E-state index in [1.54, 1.807) is 11.3 Å². The van der Waals surface area contributed by atoms with Crippen LogP contribution >= 0.6 is 11.3 Å². The first kappa shape index (κ1) is 13.1. The molecular weight excluding hydrogens is 276 g/mol. The molecule has 0 radical (unpaired) electrons. The molecule has 106 valence electrons. The molecule has 2 aromatic heterocycles. The van der Waals surface area contributed by atoms with Gasteiger partial charge in [0.15, 0.2) is 0 Å². The van der Waals surface area contributed by atoms with Crippen molar-refractivity contribution in [2.75, 3.05) is 17.3 Å². The molecule has 2 heterocycles. The highest BCUT2D eigenvalue weighted by Crippen LogP contribution is 2.29. The van der Waals surface area contributed by atoms with E-state index >= 15 is 0 Å².